The number of hydroxylamine groups is 1. The van der Waals surface area contributed by atoms with Crippen molar-refractivity contribution in [2.75, 3.05) is 13.3 Å². The minimum Gasteiger partial charge on any atom is -0.387 e. The summed E-state index contributed by atoms with van der Waals surface area (Å²) in [6, 6.07) is -0.549. The number of nitrogens with two attached hydrogens (primary N) is 1. The van der Waals surface area contributed by atoms with Gasteiger partial charge in [-0.3, -0.25) is 9.84 Å². The fourth-order valence-electron chi connectivity index (χ4n) is 3.45. The predicted molar refractivity (Wildman–Crippen MR) is 99.3 cm³/mol. The molecule has 2 saturated heterocycles. The zero-order valence-corrected chi connectivity index (χ0v) is 18.7. The highest BCUT2D eigenvalue weighted by molar-refractivity contribution is 7.66. The lowest BCUT2D eigenvalue weighted by molar-refractivity contribution is -0.615. The van der Waals surface area contributed by atoms with Crippen LogP contribution >= 0.6 is 23.5 Å². The summed E-state index contributed by atoms with van der Waals surface area (Å²) in [5.74, 6) is -0.757. The van der Waals surface area contributed by atoms with E-state index in [1.54, 1.807) is 0 Å². The highest BCUT2D eigenvalue weighted by atomic mass is 31.3. The van der Waals surface area contributed by atoms with Crippen molar-refractivity contribution >= 4 is 35.3 Å². The Kier molecular flexibility index (Phi) is 6.38. The summed E-state index contributed by atoms with van der Waals surface area (Å²) in [6.07, 6.45) is -5.86. The molecular weight excluding hydrogens is 521 g/mol. The topological polar surface area (TPSA) is 309 Å². The van der Waals surface area contributed by atoms with E-state index in [-0.39, 0.29) is 12.6 Å². The molecule has 4 heterocycles. The lowest BCUT2D eigenvalue weighted by Gasteiger charge is -2.20. The predicted octanol–water partition coefficient (Wildman–Crippen LogP) is -4.78. The Labute approximate surface area is 183 Å². The lowest BCUT2D eigenvalue weighted by atomic mass is 10.1. The molecule has 1 spiro atoms. The molecule has 20 nitrogen and oxygen atoms in total. The van der Waals surface area contributed by atoms with Crippen LogP contribution in [-0.2, 0) is 36.4 Å². The van der Waals surface area contributed by atoms with Crippen LogP contribution in [0, 0.1) is 0 Å². The number of rotatable bonds is 8. The summed E-state index contributed by atoms with van der Waals surface area (Å²) in [7, 11) is -16.7. The van der Waals surface area contributed by atoms with Crippen LogP contribution in [-0.4, -0.2) is 95.9 Å². The second-order valence-electron chi connectivity index (χ2n) is 7.11. The number of ether oxygens (including phenoxy) is 1. The molecule has 0 aromatic heterocycles. The Morgan fingerprint density at radius 2 is 1.82 bits per heavy atom. The van der Waals surface area contributed by atoms with Gasteiger partial charge in [-0.25, -0.2) is 28.4 Å². The van der Waals surface area contributed by atoms with Crippen molar-refractivity contribution in [3.8, 4) is 0 Å². The van der Waals surface area contributed by atoms with Gasteiger partial charge in [0, 0.05) is 0 Å². The molecule has 4 aliphatic heterocycles. The van der Waals surface area contributed by atoms with Gasteiger partial charge in [0.2, 0.25) is 6.23 Å². The molecule has 8 atom stereocenters. The largest absolute Gasteiger partial charge is 0.490 e. The monoisotopic (exact) mass is 541 g/mol. The van der Waals surface area contributed by atoms with E-state index in [9.17, 15) is 28.8 Å². The quantitative estimate of drug-likeness (QED) is 0.0783. The molecule has 188 valence electrons. The van der Waals surface area contributed by atoms with Gasteiger partial charge in [-0.15, -0.1) is 5.48 Å². The van der Waals surface area contributed by atoms with Gasteiger partial charge in [-0.2, -0.15) is 13.6 Å². The first-order valence-corrected chi connectivity index (χ1v) is 13.4. The number of aliphatic imine (C=N–C) groups is 1. The maximum Gasteiger partial charge on any atom is 0.490 e. The van der Waals surface area contributed by atoms with Crippen molar-refractivity contribution < 1.29 is 70.8 Å². The first-order chi connectivity index (χ1) is 15.1. The number of fused-ring (bicyclic) bond motifs is 2. The molecule has 0 aromatic rings. The molecule has 0 aliphatic carbocycles. The van der Waals surface area contributed by atoms with Crippen LogP contribution in [0.2, 0.25) is 0 Å². The van der Waals surface area contributed by atoms with Gasteiger partial charge in [0.1, 0.15) is 25.0 Å². The SMILES string of the molecule is NC1=N[C@@]2(NO2)C2NC[N+]([C@@H]3O[C@H](COP(=O)(O)OP(=O)(O)OP(=O)(O)O)[C@@H](O)[C@H]3O)=C2N1. The van der Waals surface area contributed by atoms with Gasteiger partial charge in [0.15, 0.2) is 6.04 Å². The van der Waals surface area contributed by atoms with Crippen molar-refractivity contribution in [2.45, 2.75) is 36.4 Å². The summed E-state index contributed by atoms with van der Waals surface area (Å²) >= 11 is 0. The Hall–Kier alpha value is -0.890. The Bertz CT molecular complexity index is 1030. The number of hydrogen-bond donors (Lipinski definition) is 10. The van der Waals surface area contributed by atoms with Gasteiger partial charge in [-0.1, -0.05) is 0 Å². The maximum absolute atomic E-state index is 11.9. The highest BCUT2D eigenvalue weighted by Crippen LogP contribution is 2.66. The molecule has 4 aliphatic rings. The maximum atomic E-state index is 11.9. The van der Waals surface area contributed by atoms with Crippen LogP contribution in [0.3, 0.4) is 0 Å². The summed E-state index contributed by atoms with van der Waals surface area (Å²) in [5.41, 5.74) is 8.33. The molecule has 11 N–H and O–H groups in total. The van der Waals surface area contributed by atoms with Crippen LogP contribution in [0.15, 0.2) is 4.99 Å². The molecule has 2 fully saturated rings. The smallest absolute Gasteiger partial charge is 0.387 e. The molecule has 0 saturated carbocycles. The number of phosphoric ester groups is 1. The zero-order chi connectivity index (χ0) is 24.4. The lowest BCUT2D eigenvalue weighted by Crippen LogP contribution is -2.59. The van der Waals surface area contributed by atoms with E-state index >= 15 is 0 Å². The number of nitrogens with zero attached hydrogens (tertiary/aromatic N) is 2. The Morgan fingerprint density at radius 3 is 2.42 bits per heavy atom. The number of nitrogens with one attached hydrogen (secondary N) is 3. The number of hydrogen-bond acceptors (Lipinski definition) is 15. The van der Waals surface area contributed by atoms with Gasteiger partial charge in [0.05, 0.1) is 6.61 Å². The normalized spacial score (nSPS) is 39.6. The van der Waals surface area contributed by atoms with Crippen molar-refractivity contribution in [3.05, 3.63) is 0 Å². The van der Waals surface area contributed by atoms with Gasteiger partial charge in [-0.05, 0) is 0 Å². The summed E-state index contributed by atoms with van der Waals surface area (Å²) < 4.78 is 52.5. The summed E-state index contributed by atoms with van der Waals surface area (Å²) in [5, 5.41) is 26.5. The van der Waals surface area contributed by atoms with Gasteiger partial charge >= 0.3 is 23.5 Å². The minimum atomic E-state index is -5.71. The molecule has 0 radical (unpaired) electrons. The summed E-state index contributed by atoms with van der Waals surface area (Å²) in [4.78, 5) is 45.0. The average Bonchev–Trinajstić information content (AvgIpc) is 3.16. The number of aliphatic hydroxyl groups excluding tert-OH is 2. The van der Waals surface area contributed by atoms with Crippen LogP contribution in [0.5, 0.6) is 0 Å². The number of amidine groups is 1. The average molecular weight is 541 g/mol. The minimum absolute atomic E-state index is 0.00260. The highest BCUT2D eigenvalue weighted by Gasteiger charge is 2.64. The van der Waals surface area contributed by atoms with Crippen LogP contribution in [0.25, 0.3) is 0 Å². The molecule has 0 aromatic carbocycles. The third-order valence-corrected chi connectivity index (χ3v) is 8.56. The molecule has 3 unspecified atom stereocenters. The van der Waals surface area contributed by atoms with Crippen LogP contribution < -0.4 is 21.8 Å². The first-order valence-electron chi connectivity index (χ1n) is 8.86. The van der Waals surface area contributed by atoms with Gasteiger partial charge < -0.3 is 40.3 Å². The van der Waals surface area contributed by atoms with E-state index in [0.717, 1.165) is 0 Å². The third kappa shape index (κ3) is 5.36. The van der Waals surface area contributed by atoms with E-state index in [4.69, 9.17) is 30.0 Å². The van der Waals surface area contributed by atoms with E-state index in [1.807, 2.05) is 0 Å². The fourth-order valence-corrected chi connectivity index (χ4v) is 6.48. The number of aliphatic hydroxyl groups is 2. The van der Waals surface area contributed by atoms with Crippen LogP contribution in [0.1, 0.15) is 0 Å². The number of guanidine groups is 1. The van der Waals surface area contributed by atoms with E-state index < -0.39 is 66.5 Å². The molecule has 0 amide bonds. The number of phosphoric acid groups is 3. The molecule has 4 rings (SSSR count). The molecule has 0 bridgehead atoms. The van der Waals surface area contributed by atoms with E-state index in [2.05, 4.69) is 34.3 Å². The standard InChI is InChI=1S/C10H19N6O14P3/c11-9-13-7-6(10(14-9)15-28-10)12-2-16(7)8-5(18)4(17)3(27-8)1-26-32(22,23)30-33(24,25)29-31(19,20)21/h3-6,8,12,15,17-18H,1-2H2,(H6,11,14,19,20,21,22,23,24,25)/p+1/t3-,4-,5-,6?,8-,10-/m1/s1. The van der Waals surface area contributed by atoms with Crippen molar-refractivity contribution in [3.63, 3.8) is 0 Å². The zero-order valence-electron chi connectivity index (χ0n) is 16.1. The van der Waals surface area contributed by atoms with E-state index in [1.165, 1.54) is 4.58 Å². The third-order valence-electron chi connectivity index (χ3n) is 4.76. The second-order valence-corrected chi connectivity index (χ2v) is 11.5. The van der Waals surface area contributed by atoms with Crippen molar-refractivity contribution in [1.82, 2.24) is 16.1 Å². The second kappa shape index (κ2) is 8.35. The molecule has 23 heteroatoms. The van der Waals surface area contributed by atoms with Crippen LogP contribution in [0.4, 0.5) is 0 Å². The van der Waals surface area contributed by atoms with Crippen molar-refractivity contribution in [2.24, 2.45) is 10.7 Å². The molecular formula is C10H20N6O14P3+. The molecule has 33 heavy (non-hydrogen) atoms. The first kappa shape index (κ1) is 25.2. The summed E-state index contributed by atoms with van der Waals surface area (Å²) in [6.45, 7) is -0.857. The fraction of sp³-hybridized carbons (Fsp3) is 0.800. The Balaban J connectivity index is 1.42. The van der Waals surface area contributed by atoms with E-state index in [0.29, 0.717) is 5.84 Å². The van der Waals surface area contributed by atoms with Gasteiger partial charge in [0.25, 0.3) is 17.6 Å². The Morgan fingerprint density at radius 1 is 1.15 bits per heavy atom. The van der Waals surface area contributed by atoms with Crippen molar-refractivity contribution in [1.29, 1.82) is 0 Å².